The SMILES string of the molecule is CC(C)(C)C1CCC(C(F)(F)F)NN1. The molecule has 0 aromatic rings. The molecule has 2 unspecified atom stereocenters. The molecule has 1 fully saturated rings. The van der Waals surface area contributed by atoms with Crippen molar-refractivity contribution >= 4 is 0 Å². The first-order chi connectivity index (χ1) is 6.21. The van der Waals surface area contributed by atoms with Crippen LogP contribution in [0.2, 0.25) is 0 Å². The summed E-state index contributed by atoms with van der Waals surface area (Å²) in [6.07, 6.45) is -3.44. The van der Waals surface area contributed by atoms with Crippen molar-refractivity contribution in [2.45, 2.75) is 51.9 Å². The normalized spacial score (nSPS) is 30.4. The maximum atomic E-state index is 12.3. The molecule has 1 aliphatic rings. The molecular weight excluding hydrogens is 193 g/mol. The molecule has 0 aliphatic carbocycles. The van der Waals surface area contributed by atoms with Crippen LogP contribution in [0.4, 0.5) is 13.2 Å². The highest BCUT2D eigenvalue weighted by Crippen LogP contribution is 2.30. The maximum Gasteiger partial charge on any atom is 0.405 e. The van der Waals surface area contributed by atoms with E-state index in [1.54, 1.807) is 0 Å². The van der Waals surface area contributed by atoms with E-state index in [1.807, 2.05) is 20.8 Å². The van der Waals surface area contributed by atoms with Crippen LogP contribution in [-0.4, -0.2) is 18.3 Å². The second-order valence-electron chi connectivity index (χ2n) is 4.88. The molecule has 14 heavy (non-hydrogen) atoms. The lowest BCUT2D eigenvalue weighted by atomic mass is 9.83. The number of hydrazine groups is 1. The van der Waals surface area contributed by atoms with Crippen molar-refractivity contribution in [2.75, 3.05) is 0 Å². The van der Waals surface area contributed by atoms with Crippen LogP contribution in [0, 0.1) is 5.41 Å². The number of nitrogens with one attached hydrogen (secondary N) is 2. The highest BCUT2D eigenvalue weighted by atomic mass is 19.4. The van der Waals surface area contributed by atoms with Crippen LogP contribution < -0.4 is 10.9 Å². The molecule has 2 nitrogen and oxygen atoms in total. The number of hydrogen-bond donors (Lipinski definition) is 2. The fourth-order valence-corrected chi connectivity index (χ4v) is 1.57. The third kappa shape index (κ3) is 2.85. The maximum absolute atomic E-state index is 12.3. The second kappa shape index (κ2) is 3.70. The Hall–Kier alpha value is -0.290. The van der Waals surface area contributed by atoms with Gasteiger partial charge in [-0.2, -0.15) is 13.2 Å². The average Bonchev–Trinajstić information content (AvgIpc) is 2.01. The first kappa shape index (κ1) is 11.8. The summed E-state index contributed by atoms with van der Waals surface area (Å²) in [5.41, 5.74) is 5.08. The molecule has 0 radical (unpaired) electrons. The van der Waals surface area contributed by atoms with Gasteiger partial charge in [-0.1, -0.05) is 20.8 Å². The van der Waals surface area contributed by atoms with Crippen LogP contribution in [0.3, 0.4) is 0 Å². The van der Waals surface area contributed by atoms with E-state index in [-0.39, 0.29) is 17.9 Å². The molecular formula is C9H17F3N2. The van der Waals surface area contributed by atoms with E-state index in [1.165, 1.54) is 0 Å². The Kier molecular flexibility index (Phi) is 3.11. The molecule has 0 aromatic carbocycles. The van der Waals surface area contributed by atoms with E-state index in [2.05, 4.69) is 10.9 Å². The van der Waals surface area contributed by atoms with Gasteiger partial charge in [0.05, 0.1) is 0 Å². The predicted octanol–water partition coefficient (Wildman–Crippen LogP) is 2.22. The minimum Gasteiger partial charge on any atom is -0.254 e. The van der Waals surface area contributed by atoms with Gasteiger partial charge in [0.1, 0.15) is 6.04 Å². The summed E-state index contributed by atoms with van der Waals surface area (Å²) in [4.78, 5) is 0. The van der Waals surface area contributed by atoms with E-state index in [0.29, 0.717) is 6.42 Å². The average molecular weight is 210 g/mol. The van der Waals surface area contributed by atoms with E-state index < -0.39 is 12.2 Å². The summed E-state index contributed by atoms with van der Waals surface area (Å²) in [5.74, 6) is 0. The first-order valence-corrected chi connectivity index (χ1v) is 4.79. The molecule has 2 N–H and O–H groups in total. The summed E-state index contributed by atoms with van der Waals surface area (Å²) in [6, 6.07) is -1.30. The van der Waals surface area contributed by atoms with Crippen molar-refractivity contribution in [3.05, 3.63) is 0 Å². The minimum atomic E-state index is -4.14. The summed E-state index contributed by atoms with van der Waals surface area (Å²) >= 11 is 0. The molecule has 5 heteroatoms. The molecule has 1 rings (SSSR count). The van der Waals surface area contributed by atoms with E-state index >= 15 is 0 Å². The summed E-state index contributed by atoms with van der Waals surface area (Å²) < 4.78 is 36.8. The van der Waals surface area contributed by atoms with Gasteiger partial charge in [-0.05, 0) is 18.3 Å². The molecule has 0 saturated carbocycles. The van der Waals surface area contributed by atoms with Crippen molar-refractivity contribution in [1.29, 1.82) is 0 Å². The Morgan fingerprint density at radius 2 is 1.36 bits per heavy atom. The lowest BCUT2D eigenvalue weighted by molar-refractivity contribution is -0.167. The highest BCUT2D eigenvalue weighted by Gasteiger charge is 2.43. The third-order valence-corrected chi connectivity index (χ3v) is 2.62. The van der Waals surface area contributed by atoms with Crippen molar-refractivity contribution in [1.82, 2.24) is 10.9 Å². The molecule has 84 valence electrons. The number of alkyl halides is 3. The molecule has 0 spiro atoms. The fraction of sp³-hybridized carbons (Fsp3) is 1.00. The second-order valence-corrected chi connectivity index (χ2v) is 4.88. The van der Waals surface area contributed by atoms with E-state index in [9.17, 15) is 13.2 Å². The molecule has 1 aliphatic heterocycles. The van der Waals surface area contributed by atoms with Gasteiger partial charge < -0.3 is 0 Å². The number of rotatable bonds is 0. The van der Waals surface area contributed by atoms with Crippen LogP contribution in [0.1, 0.15) is 33.6 Å². The van der Waals surface area contributed by atoms with Crippen molar-refractivity contribution in [3.63, 3.8) is 0 Å². The Balaban J connectivity index is 2.47. The van der Waals surface area contributed by atoms with Crippen molar-refractivity contribution in [3.8, 4) is 0 Å². The van der Waals surface area contributed by atoms with Gasteiger partial charge in [-0.3, -0.25) is 5.43 Å². The van der Waals surface area contributed by atoms with Crippen molar-refractivity contribution in [2.24, 2.45) is 5.41 Å². The van der Waals surface area contributed by atoms with Gasteiger partial charge >= 0.3 is 6.18 Å². The van der Waals surface area contributed by atoms with Crippen LogP contribution in [0.25, 0.3) is 0 Å². The summed E-state index contributed by atoms with van der Waals surface area (Å²) in [6.45, 7) is 6.04. The molecule has 2 atom stereocenters. The Morgan fingerprint density at radius 1 is 0.929 bits per heavy atom. The van der Waals surface area contributed by atoms with Crippen LogP contribution in [-0.2, 0) is 0 Å². The van der Waals surface area contributed by atoms with E-state index in [0.717, 1.165) is 0 Å². The smallest absolute Gasteiger partial charge is 0.254 e. The van der Waals surface area contributed by atoms with Crippen molar-refractivity contribution < 1.29 is 13.2 Å². The summed E-state index contributed by atoms with van der Waals surface area (Å²) in [5, 5.41) is 0. The van der Waals surface area contributed by atoms with Crippen LogP contribution in [0.5, 0.6) is 0 Å². The van der Waals surface area contributed by atoms with Gasteiger partial charge in [-0.15, -0.1) is 0 Å². The fourth-order valence-electron chi connectivity index (χ4n) is 1.57. The minimum absolute atomic E-state index is 0.0103. The lowest BCUT2D eigenvalue weighted by Gasteiger charge is -2.38. The zero-order valence-corrected chi connectivity index (χ0v) is 8.70. The monoisotopic (exact) mass is 210 g/mol. The third-order valence-electron chi connectivity index (χ3n) is 2.62. The van der Waals surface area contributed by atoms with Gasteiger partial charge in [0.15, 0.2) is 0 Å². The highest BCUT2D eigenvalue weighted by molar-refractivity contribution is 4.87. The molecule has 1 heterocycles. The largest absolute Gasteiger partial charge is 0.405 e. The predicted molar refractivity (Wildman–Crippen MR) is 48.6 cm³/mol. The molecule has 0 amide bonds. The Bertz CT molecular complexity index is 165. The standard InChI is InChI=1S/C9H17F3N2/c1-8(2,3)6-4-5-7(14-13-6)9(10,11)12/h6-7,13-14H,4-5H2,1-3H3. The number of hydrogen-bond acceptors (Lipinski definition) is 2. The molecule has 0 bridgehead atoms. The van der Waals surface area contributed by atoms with Crippen LogP contribution >= 0.6 is 0 Å². The van der Waals surface area contributed by atoms with E-state index in [4.69, 9.17) is 0 Å². The van der Waals surface area contributed by atoms with Gasteiger partial charge in [-0.25, -0.2) is 5.43 Å². The molecule has 1 saturated heterocycles. The Labute approximate surface area is 82.2 Å². The topological polar surface area (TPSA) is 24.1 Å². The first-order valence-electron chi connectivity index (χ1n) is 4.79. The van der Waals surface area contributed by atoms with Gasteiger partial charge in [0, 0.05) is 6.04 Å². The zero-order chi connectivity index (χ0) is 11.0. The van der Waals surface area contributed by atoms with Crippen LogP contribution in [0.15, 0.2) is 0 Å². The van der Waals surface area contributed by atoms with Gasteiger partial charge in [0.2, 0.25) is 0 Å². The quantitative estimate of drug-likeness (QED) is 0.640. The number of halogens is 3. The molecule has 0 aromatic heterocycles. The Morgan fingerprint density at radius 3 is 1.64 bits per heavy atom. The zero-order valence-electron chi connectivity index (χ0n) is 8.70. The van der Waals surface area contributed by atoms with Gasteiger partial charge in [0.25, 0.3) is 0 Å². The summed E-state index contributed by atoms with van der Waals surface area (Å²) in [7, 11) is 0. The lowest BCUT2D eigenvalue weighted by Crippen LogP contribution is -2.60.